The number of thiophene rings is 1. The maximum absolute atomic E-state index is 17.2. The van der Waals surface area contributed by atoms with Crippen molar-refractivity contribution in [1.82, 2.24) is 24.7 Å². The quantitative estimate of drug-likeness (QED) is 0.206. The highest BCUT2D eigenvalue weighted by Crippen LogP contribution is 2.48. The summed E-state index contributed by atoms with van der Waals surface area (Å²) in [6.45, 7) is 3.53. The van der Waals surface area contributed by atoms with Crippen LogP contribution in [-0.2, 0) is 6.18 Å². The molecule has 17 heteroatoms. The molecule has 0 spiro atoms. The summed E-state index contributed by atoms with van der Waals surface area (Å²) in [6, 6.07) is 3.56. The van der Waals surface area contributed by atoms with Crippen molar-refractivity contribution in [2.45, 2.75) is 56.5 Å². The number of halogens is 6. The Hall–Kier alpha value is -4.56. The Morgan fingerprint density at radius 3 is 2.67 bits per heavy atom. The molecule has 0 saturated carbocycles. The van der Waals surface area contributed by atoms with E-state index in [1.165, 1.54) is 4.90 Å². The van der Waals surface area contributed by atoms with Gasteiger partial charge >= 0.3 is 18.2 Å². The summed E-state index contributed by atoms with van der Waals surface area (Å²) >= 11 is 0.680. The topological polar surface area (TPSA) is 115 Å². The molecule has 0 bridgehead atoms. The number of rotatable bonds is 7. The molecule has 3 aliphatic heterocycles. The molecule has 7 rings (SSSR count). The van der Waals surface area contributed by atoms with Gasteiger partial charge in [0.2, 0.25) is 0 Å². The highest BCUT2D eigenvalue weighted by Gasteiger charge is 2.49. The van der Waals surface area contributed by atoms with Crippen LogP contribution >= 0.6 is 11.3 Å². The van der Waals surface area contributed by atoms with E-state index in [2.05, 4.69) is 9.97 Å². The van der Waals surface area contributed by atoms with Crippen molar-refractivity contribution in [2.24, 2.45) is 0 Å². The molecule has 0 radical (unpaired) electrons. The SMILES string of the molecule is CCN(c1nc(OCC23CCCN2CC(F)C3)nc2c(F)c(-c3ccc(F)c4sc(N)c(C#N)c34)c(C(F)(F)F)cc12)C1CCN(C(=O)N(C)C)C1. The predicted octanol–water partition coefficient (Wildman–Crippen LogP) is 6.80. The van der Waals surface area contributed by atoms with E-state index in [1.807, 2.05) is 11.0 Å². The summed E-state index contributed by atoms with van der Waals surface area (Å²) in [5, 5.41) is 9.23. The van der Waals surface area contributed by atoms with Crippen molar-refractivity contribution in [3.8, 4) is 23.2 Å². The molecule has 5 heterocycles. The third-order valence-electron chi connectivity index (χ3n) is 10.5. The van der Waals surface area contributed by atoms with E-state index >= 15 is 17.6 Å². The van der Waals surface area contributed by atoms with Crippen molar-refractivity contribution < 1.29 is 35.9 Å². The molecule has 2 aromatic carbocycles. The first-order valence-electron chi connectivity index (χ1n) is 16.9. The number of likely N-dealkylation sites (N-methyl/N-ethyl adjacent to an activating group) is 1. The number of amides is 2. The number of nitrogens with two attached hydrogens (primary N) is 1. The summed E-state index contributed by atoms with van der Waals surface area (Å²) < 4.78 is 97.9. The Labute approximate surface area is 299 Å². The second-order valence-corrected chi connectivity index (χ2v) is 14.9. The summed E-state index contributed by atoms with van der Waals surface area (Å²) in [4.78, 5) is 28.5. The zero-order chi connectivity index (χ0) is 37.3. The number of ether oxygens (including phenoxy) is 1. The predicted molar refractivity (Wildman–Crippen MR) is 185 cm³/mol. The Kier molecular flexibility index (Phi) is 9.05. The number of nitrogen functional groups attached to an aromatic ring is 1. The molecule has 0 aliphatic carbocycles. The Balaban J connectivity index is 1.44. The third-order valence-corrected chi connectivity index (χ3v) is 11.5. The number of likely N-dealkylation sites (tertiary alicyclic amines) is 1. The molecule has 2 amide bonds. The molecule has 3 unspecified atom stereocenters. The minimum atomic E-state index is -5.12. The first-order valence-corrected chi connectivity index (χ1v) is 17.8. The highest BCUT2D eigenvalue weighted by molar-refractivity contribution is 7.23. The van der Waals surface area contributed by atoms with Crippen LogP contribution in [0.4, 0.5) is 42.0 Å². The van der Waals surface area contributed by atoms with Crippen LogP contribution in [0.25, 0.3) is 32.1 Å². The molecule has 52 heavy (non-hydrogen) atoms. The van der Waals surface area contributed by atoms with Crippen molar-refractivity contribution >= 4 is 49.2 Å². The van der Waals surface area contributed by atoms with Crippen LogP contribution < -0.4 is 15.4 Å². The van der Waals surface area contributed by atoms with Crippen molar-refractivity contribution in [3.05, 3.63) is 41.0 Å². The molecule has 2 N–H and O–H groups in total. The lowest BCUT2D eigenvalue weighted by atomic mass is 9.92. The number of urea groups is 1. The Bertz CT molecular complexity index is 2120. The summed E-state index contributed by atoms with van der Waals surface area (Å²) in [6.07, 6.45) is -4.00. The molecule has 2 aromatic heterocycles. The number of anilines is 2. The van der Waals surface area contributed by atoms with Gasteiger partial charge in [-0.1, -0.05) is 6.07 Å². The zero-order valence-corrected chi connectivity index (χ0v) is 29.5. The largest absolute Gasteiger partial charge is 0.461 e. The fourth-order valence-electron chi connectivity index (χ4n) is 8.15. The number of alkyl halides is 4. The molecule has 3 atom stereocenters. The average Bonchev–Trinajstić information content (AvgIpc) is 3.86. The van der Waals surface area contributed by atoms with E-state index in [-0.39, 0.29) is 82.1 Å². The number of carbonyl (C=O) groups excluding carboxylic acids is 1. The summed E-state index contributed by atoms with van der Waals surface area (Å²) in [5.74, 6) is -2.23. The lowest BCUT2D eigenvalue weighted by molar-refractivity contribution is -0.137. The monoisotopic (exact) mass is 746 g/mol. The number of benzene rings is 2. The van der Waals surface area contributed by atoms with Gasteiger partial charge in [0.05, 0.1) is 21.4 Å². The van der Waals surface area contributed by atoms with Gasteiger partial charge in [0.1, 0.15) is 41.0 Å². The van der Waals surface area contributed by atoms with Gasteiger partial charge in [0, 0.05) is 69.1 Å². The molecular formula is C35H36F6N8O2S. The number of nitrogens with zero attached hydrogens (tertiary/aromatic N) is 7. The second-order valence-electron chi connectivity index (χ2n) is 13.8. The van der Waals surface area contributed by atoms with Gasteiger partial charge in [0.15, 0.2) is 5.82 Å². The average molecular weight is 747 g/mol. The van der Waals surface area contributed by atoms with E-state index in [0.717, 1.165) is 24.6 Å². The van der Waals surface area contributed by atoms with Gasteiger partial charge in [-0.15, -0.1) is 11.3 Å². The highest BCUT2D eigenvalue weighted by atomic mass is 32.1. The van der Waals surface area contributed by atoms with E-state index in [4.69, 9.17) is 10.5 Å². The zero-order valence-electron chi connectivity index (χ0n) is 28.7. The van der Waals surface area contributed by atoms with Crippen LogP contribution in [0, 0.1) is 23.0 Å². The van der Waals surface area contributed by atoms with Gasteiger partial charge in [-0.25, -0.2) is 18.0 Å². The molecule has 10 nitrogen and oxygen atoms in total. The van der Waals surface area contributed by atoms with Gasteiger partial charge in [-0.05, 0) is 50.4 Å². The maximum Gasteiger partial charge on any atom is 0.417 e. The number of carbonyl (C=O) groups is 1. The van der Waals surface area contributed by atoms with Crippen molar-refractivity contribution in [2.75, 3.05) is 64.1 Å². The standard InChI is InChI=1S/C35H36F6N8O2S/c1-4-49(19-8-11-47(16-19)33(50)46(2)3)31-21-12-23(35(39,40)41)26(20-6-7-24(37)29-25(20)22(14-42)30(43)52-29)27(38)28(21)44-32(45-31)51-17-34-9-5-10-48(34)15-18(36)13-34/h6-7,12,18-19H,4-5,8-11,13,15-17,43H2,1-3H3. The molecule has 4 aromatic rings. The minimum Gasteiger partial charge on any atom is -0.461 e. The number of fused-ring (bicyclic) bond motifs is 3. The fourth-order valence-corrected chi connectivity index (χ4v) is 9.10. The van der Waals surface area contributed by atoms with E-state index in [9.17, 15) is 18.8 Å². The number of hydrogen-bond acceptors (Lipinski definition) is 9. The number of nitriles is 1. The second kappa shape index (κ2) is 13.1. The maximum atomic E-state index is 17.2. The lowest BCUT2D eigenvalue weighted by Gasteiger charge is -2.32. The molecular weight excluding hydrogens is 710 g/mol. The molecule has 276 valence electrons. The molecule has 3 fully saturated rings. The van der Waals surface area contributed by atoms with E-state index in [0.29, 0.717) is 37.3 Å². The van der Waals surface area contributed by atoms with Crippen LogP contribution in [0.15, 0.2) is 18.2 Å². The normalized spacial score (nSPS) is 22.0. The number of hydrogen-bond donors (Lipinski definition) is 1. The summed E-state index contributed by atoms with van der Waals surface area (Å²) in [7, 11) is 3.24. The van der Waals surface area contributed by atoms with Crippen LogP contribution in [0.1, 0.15) is 43.7 Å². The first kappa shape index (κ1) is 35.8. The van der Waals surface area contributed by atoms with Crippen LogP contribution in [0.2, 0.25) is 0 Å². The van der Waals surface area contributed by atoms with Crippen LogP contribution in [0.3, 0.4) is 0 Å². The van der Waals surface area contributed by atoms with Gasteiger partial charge in [-0.3, -0.25) is 4.90 Å². The molecule has 3 aliphatic rings. The van der Waals surface area contributed by atoms with Gasteiger partial charge in [-0.2, -0.15) is 28.4 Å². The van der Waals surface area contributed by atoms with Gasteiger partial charge in [0.25, 0.3) is 0 Å². The third kappa shape index (κ3) is 5.89. The smallest absolute Gasteiger partial charge is 0.417 e. The van der Waals surface area contributed by atoms with Crippen molar-refractivity contribution in [1.29, 1.82) is 5.26 Å². The van der Waals surface area contributed by atoms with E-state index < -0.39 is 52.2 Å². The molecule has 3 saturated heterocycles. The van der Waals surface area contributed by atoms with Crippen molar-refractivity contribution in [3.63, 3.8) is 0 Å². The Morgan fingerprint density at radius 1 is 1.21 bits per heavy atom. The number of aromatic nitrogens is 2. The summed E-state index contributed by atoms with van der Waals surface area (Å²) in [5.41, 5.74) is 1.89. The minimum absolute atomic E-state index is 0.0214. The Morgan fingerprint density at radius 2 is 1.98 bits per heavy atom. The van der Waals surface area contributed by atoms with Crippen LogP contribution in [-0.4, -0.2) is 102 Å². The lowest BCUT2D eigenvalue weighted by Crippen LogP contribution is -2.44. The van der Waals surface area contributed by atoms with Crippen LogP contribution in [0.5, 0.6) is 6.01 Å². The van der Waals surface area contributed by atoms with Gasteiger partial charge < -0.3 is 25.2 Å². The fraction of sp³-hybridized carbons (Fsp3) is 0.486. The van der Waals surface area contributed by atoms with E-state index in [1.54, 1.807) is 30.8 Å². The first-order chi connectivity index (χ1) is 24.7.